The number of nitriles is 1. The molecule has 184 valence electrons. The molecule has 3 rings (SSSR count). The van der Waals surface area contributed by atoms with E-state index in [1.54, 1.807) is 21.9 Å². The van der Waals surface area contributed by atoms with Crippen LogP contribution < -0.4 is 15.8 Å². The number of aliphatic imine (C=N–C) groups is 1. The van der Waals surface area contributed by atoms with E-state index in [4.69, 9.17) is 10.4 Å². The molecule has 11 nitrogen and oxygen atoms in total. The first-order valence-corrected chi connectivity index (χ1v) is 13.0. The number of sulfonamides is 1. The zero-order valence-corrected chi connectivity index (χ0v) is 19.9. The van der Waals surface area contributed by atoms with Crippen LogP contribution in [0.15, 0.2) is 34.2 Å². The van der Waals surface area contributed by atoms with Crippen LogP contribution in [-0.4, -0.2) is 74.8 Å². The van der Waals surface area contributed by atoms with E-state index in [-0.39, 0.29) is 29.2 Å². The Kier molecular flexibility index (Phi) is 8.84. The quantitative estimate of drug-likeness (QED) is 0.208. The van der Waals surface area contributed by atoms with Gasteiger partial charge in [-0.05, 0) is 56.2 Å². The summed E-state index contributed by atoms with van der Waals surface area (Å²) in [6.45, 7) is 2.41. The predicted octanol–water partition coefficient (Wildman–Crippen LogP) is -0.104. The molecule has 2 aliphatic heterocycles. The number of carbonyl (C=O) groups excluding carboxylic acids is 2. The van der Waals surface area contributed by atoms with Crippen molar-refractivity contribution in [3.05, 3.63) is 29.8 Å². The molecule has 1 unspecified atom stereocenters. The molecule has 2 saturated heterocycles. The molecule has 12 heteroatoms. The van der Waals surface area contributed by atoms with Crippen molar-refractivity contribution in [1.29, 1.82) is 5.26 Å². The third-order valence-corrected chi connectivity index (χ3v) is 6.90. The van der Waals surface area contributed by atoms with Crippen LogP contribution in [0.4, 0.5) is 0 Å². The van der Waals surface area contributed by atoms with Crippen LogP contribution in [0.2, 0.25) is 0 Å². The highest BCUT2D eigenvalue weighted by Crippen LogP contribution is 2.14. The molecule has 34 heavy (non-hydrogen) atoms. The highest BCUT2D eigenvalue weighted by molar-refractivity contribution is 7.89. The van der Waals surface area contributed by atoms with Gasteiger partial charge in [-0.25, -0.2) is 13.6 Å². The Bertz CT molecular complexity index is 1040. The van der Waals surface area contributed by atoms with Crippen LogP contribution in [-0.2, 0) is 26.0 Å². The lowest BCUT2D eigenvalue weighted by molar-refractivity contribution is -0.140. The Morgan fingerprint density at radius 3 is 2.47 bits per heavy atom. The SMILES string of the molecule is N#CNC(=NCCc1ccc(S(N)(=O)=O)cc1)NC1CCCCN(CC(=O)N2CCCC2)C1=O. The van der Waals surface area contributed by atoms with Crippen LogP contribution in [0.25, 0.3) is 0 Å². The molecule has 0 aromatic heterocycles. The maximum atomic E-state index is 13.1. The predicted molar refractivity (Wildman–Crippen MR) is 126 cm³/mol. The fourth-order valence-corrected chi connectivity index (χ4v) is 4.62. The van der Waals surface area contributed by atoms with E-state index in [0.717, 1.165) is 44.3 Å². The van der Waals surface area contributed by atoms with E-state index in [0.29, 0.717) is 25.9 Å². The normalized spacial score (nSPS) is 19.5. The summed E-state index contributed by atoms with van der Waals surface area (Å²) in [6.07, 6.45) is 6.53. The van der Waals surface area contributed by atoms with Gasteiger partial charge in [-0.15, -0.1) is 0 Å². The van der Waals surface area contributed by atoms with Crippen LogP contribution >= 0.6 is 0 Å². The standard InChI is InChI=1S/C22H31N7O4S/c23-16-26-22(25-11-10-17-6-8-18(9-7-17)34(24,32)33)27-19-5-1-2-14-29(21(19)31)15-20(30)28-12-3-4-13-28/h6-9,19H,1-5,10-15H2,(H2,24,32,33)(H2,25,26,27). The minimum absolute atomic E-state index is 0.0241. The largest absolute Gasteiger partial charge is 0.344 e. The smallest absolute Gasteiger partial charge is 0.245 e. The molecule has 2 fully saturated rings. The first kappa shape index (κ1) is 25.5. The van der Waals surface area contributed by atoms with Crippen molar-refractivity contribution in [2.75, 3.05) is 32.7 Å². The average molecular weight is 490 g/mol. The van der Waals surface area contributed by atoms with Gasteiger partial charge in [0.25, 0.3) is 0 Å². The molecule has 2 aliphatic rings. The van der Waals surface area contributed by atoms with Crippen molar-refractivity contribution in [1.82, 2.24) is 20.4 Å². The van der Waals surface area contributed by atoms with Gasteiger partial charge in [-0.1, -0.05) is 12.1 Å². The number of guanidine groups is 1. The first-order valence-electron chi connectivity index (χ1n) is 11.4. The van der Waals surface area contributed by atoms with E-state index in [9.17, 15) is 18.0 Å². The van der Waals surface area contributed by atoms with Gasteiger partial charge in [0.2, 0.25) is 27.8 Å². The Morgan fingerprint density at radius 1 is 1.15 bits per heavy atom. The highest BCUT2D eigenvalue weighted by atomic mass is 32.2. The Labute approximate surface area is 200 Å². The van der Waals surface area contributed by atoms with Crippen molar-refractivity contribution in [2.45, 2.75) is 49.5 Å². The van der Waals surface area contributed by atoms with Crippen molar-refractivity contribution in [3.8, 4) is 6.19 Å². The first-order chi connectivity index (χ1) is 16.3. The third kappa shape index (κ3) is 7.16. The third-order valence-electron chi connectivity index (χ3n) is 5.97. The summed E-state index contributed by atoms with van der Waals surface area (Å²) in [5.41, 5.74) is 0.851. The summed E-state index contributed by atoms with van der Waals surface area (Å²) < 4.78 is 22.7. The number of amides is 2. The van der Waals surface area contributed by atoms with Gasteiger partial charge in [0, 0.05) is 26.2 Å². The van der Waals surface area contributed by atoms with E-state index in [1.165, 1.54) is 12.1 Å². The molecule has 1 aromatic carbocycles. The summed E-state index contributed by atoms with van der Waals surface area (Å²) in [5, 5.41) is 19.7. The number of carbonyl (C=O) groups is 2. The van der Waals surface area contributed by atoms with Crippen LogP contribution in [0.3, 0.4) is 0 Å². The minimum atomic E-state index is -3.75. The molecule has 0 bridgehead atoms. The molecule has 0 spiro atoms. The van der Waals surface area contributed by atoms with Gasteiger partial charge in [-0.3, -0.25) is 19.9 Å². The van der Waals surface area contributed by atoms with Crippen molar-refractivity contribution < 1.29 is 18.0 Å². The summed E-state index contributed by atoms with van der Waals surface area (Å²) >= 11 is 0. The van der Waals surface area contributed by atoms with Gasteiger partial charge in [-0.2, -0.15) is 5.26 Å². The second-order valence-electron chi connectivity index (χ2n) is 8.45. The zero-order valence-electron chi connectivity index (χ0n) is 19.1. The minimum Gasteiger partial charge on any atom is -0.344 e. The van der Waals surface area contributed by atoms with E-state index >= 15 is 0 Å². The number of benzene rings is 1. The summed E-state index contributed by atoms with van der Waals surface area (Å²) in [6, 6.07) is 5.60. The maximum absolute atomic E-state index is 13.1. The number of rotatable bonds is 7. The fourth-order valence-electron chi connectivity index (χ4n) is 4.11. The molecule has 2 amide bonds. The Balaban J connectivity index is 1.60. The van der Waals surface area contributed by atoms with Crippen LogP contribution in [0.1, 0.15) is 37.7 Å². The molecule has 0 aliphatic carbocycles. The van der Waals surface area contributed by atoms with Gasteiger partial charge in [0.1, 0.15) is 6.04 Å². The second kappa shape index (κ2) is 11.8. The maximum Gasteiger partial charge on any atom is 0.245 e. The van der Waals surface area contributed by atoms with Crippen molar-refractivity contribution in [3.63, 3.8) is 0 Å². The number of nitrogens with two attached hydrogens (primary N) is 1. The number of hydrogen-bond donors (Lipinski definition) is 3. The number of hydrogen-bond acceptors (Lipinski definition) is 6. The van der Waals surface area contributed by atoms with E-state index < -0.39 is 16.1 Å². The highest BCUT2D eigenvalue weighted by Gasteiger charge is 2.30. The lowest BCUT2D eigenvalue weighted by Gasteiger charge is -2.27. The summed E-state index contributed by atoms with van der Waals surface area (Å²) in [4.78, 5) is 33.5. The lowest BCUT2D eigenvalue weighted by atomic mass is 10.1. The van der Waals surface area contributed by atoms with Gasteiger partial charge in [0.15, 0.2) is 6.19 Å². The molecule has 2 heterocycles. The summed E-state index contributed by atoms with van der Waals surface area (Å²) in [5.74, 6) is -0.00482. The number of likely N-dealkylation sites (tertiary alicyclic amines) is 2. The average Bonchev–Trinajstić information content (AvgIpc) is 3.29. The second-order valence-corrected chi connectivity index (χ2v) is 10.0. The number of nitrogens with zero attached hydrogens (tertiary/aromatic N) is 4. The van der Waals surface area contributed by atoms with Gasteiger partial charge in [0.05, 0.1) is 11.4 Å². The fraction of sp³-hybridized carbons (Fsp3) is 0.545. The lowest BCUT2D eigenvalue weighted by Crippen LogP contribution is -2.52. The molecule has 0 radical (unpaired) electrons. The van der Waals surface area contributed by atoms with Crippen molar-refractivity contribution in [2.24, 2.45) is 10.1 Å². The number of nitrogens with one attached hydrogen (secondary N) is 2. The number of primary sulfonamides is 1. The van der Waals surface area contributed by atoms with E-state index in [2.05, 4.69) is 15.6 Å². The molecular weight excluding hydrogens is 458 g/mol. The van der Waals surface area contributed by atoms with E-state index in [1.807, 2.05) is 6.19 Å². The molecule has 4 N–H and O–H groups in total. The topological polar surface area (TPSA) is 161 Å². The van der Waals surface area contributed by atoms with Crippen molar-refractivity contribution >= 4 is 27.8 Å². The molecular formula is C22H31N7O4S. The Hall–Kier alpha value is -3.17. The molecule has 1 aromatic rings. The Morgan fingerprint density at radius 2 is 1.82 bits per heavy atom. The van der Waals surface area contributed by atoms with Crippen LogP contribution in [0, 0.1) is 11.5 Å². The molecule has 0 saturated carbocycles. The zero-order chi connectivity index (χ0) is 24.6. The van der Waals surface area contributed by atoms with Gasteiger partial charge < -0.3 is 15.1 Å². The monoisotopic (exact) mass is 489 g/mol. The molecule has 1 atom stereocenters. The van der Waals surface area contributed by atoms with Crippen LogP contribution in [0.5, 0.6) is 0 Å². The summed E-state index contributed by atoms with van der Waals surface area (Å²) in [7, 11) is -3.75. The van der Waals surface area contributed by atoms with Gasteiger partial charge >= 0.3 is 0 Å².